The average Bonchev–Trinajstić information content (AvgIpc) is 2.45. The number of nitrogens with one attached hydrogen (secondary N) is 1. The first-order valence-electron chi connectivity index (χ1n) is 4.34. The van der Waals surface area contributed by atoms with Crippen molar-refractivity contribution in [2.24, 2.45) is 0 Å². The molecule has 1 aromatic heterocycles. The Hall–Kier alpha value is -1.62. The van der Waals surface area contributed by atoms with E-state index in [0.717, 1.165) is 17.5 Å². The van der Waals surface area contributed by atoms with Gasteiger partial charge in [-0.25, -0.2) is 0 Å². The van der Waals surface area contributed by atoms with Gasteiger partial charge in [-0.15, -0.1) is 0 Å². The third-order valence-corrected chi connectivity index (χ3v) is 2.64. The molecule has 0 aromatic carbocycles. The first-order valence-corrected chi connectivity index (χ1v) is 5.15. The number of carbonyl (C=O) groups is 2. The molecule has 15 heavy (non-hydrogen) atoms. The SMILES string of the molecule is Cc1cccc(C=C2SC(=O)NC2=O)n1. The van der Waals surface area contributed by atoms with Crippen molar-refractivity contribution in [3.8, 4) is 0 Å². The van der Waals surface area contributed by atoms with Crippen molar-refractivity contribution < 1.29 is 9.59 Å². The molecule has 0 atom stereocenters. The zero-order valence-electron chi connectivity index (χ0n) is 7.98. The summed E-state index contributed by atoms with van der Waals surface area (Å²) in [6, 6.07) is 5.51. The van der Waals surface area contributed by atoms with E-state index < -0.39 is 0 Å². The average molecular weight is 220 g/mol. The van der Waals surface area contributed by atoms with E-state index in [2.05, 4.69) is 10.3 Å². The predicted octanol–water partition coefficient (Wildman–Crippen LogP) is 1.71. The van der Waals surface area contributed by atoms with Crippen molar-refractivity contribution in [1.29, 1.82) is 0 Å². The van der Waals surface area contributed by atoms with Gasteiger partial charge < -0.3 is 0 Å². The van der Waals surface area contributed by atoms with Gasteiger partial charge in [-0.3, -0.25) is 19.9 Å². The van der Waals surface area contributed by atoms with Gasteiger partial charge in [-0.1, -0.05) is 6.07 Å². The number of aryl methyl sites for hydroxylation is 1. The van der Waals surface area contributed by atoms with Crippen LogP contribution in [0.5, 0.6) is 0 Å². The zero-order chi connectivity index (χ0) is 10.8. The summed E-state index contributed by atoms with van der Waals surface area (Å²) in [5, 5.41) is 1.86. The van der Waals surface area contributed by atoms with E-state index in [9.17, 15) is 9.59 Å². The third kappa shape index (κ3) is 2.24. The van der Waals surface area contributed by atoms with Crippen LogP contribution >= 0.6 is 11.8 Å². The number of hydrogen-bond acceptors (Lipinski definition) is 4. The van der Waals surface area contributed by atoms with Crippen molar-refractivity contribution in [2.75, 3.05) is 0 Å². The number of imide groups is 1. The highest BCUT2D eigenvalue weighted by molar-refractivity contribution is 8.18. The van der Waals surface area contributed by atoms with Crippen LogP contribution in [0.3, 0.4) is 0 Å². The molecule has 1 fully saturated rings. The molecule has 0 spiro atoms. The van der Waals surface area contributed by atoms with E-state index in [-0.39, 0.29) is 11.1 Å². The number of aromatic nitrogens is 1. The fourth-order valence-corrected chi connectivity index (χ4v) is 1.87. The smallest absolute Gasteiger partial charge is 0.282 e. The van der Waals surface area contributed by atoms with Crippen LogP contribution in [0.4, 0.5) is 4.79 Å². The van der Waals surface area contributed by atoms with Crippen molar-refractivity contribution >= 4 is 29.0 Å². The number of rotatable bonds is 1. The second kappa shape index (κ2) is 3.86. The molecule has 1 saturated heterocycles. The lowest BCUT2D eigenvalue weighted by Gasteiger charge is -1.95. The van der Waals surface area contributed by atoms with Crippen LogP contribution in [0.2, 0.25) is 0 Å². The molecule has 0 unspecified atom stereocenters. The van der Waals surface area contributed by atoms with Crippen molar-refractivity contribution in [1.82, 2.24) is 10.3 Å². The first-order chi connectivity index (χ1) is 7.15. The molecule has 1 aromatic rings. The molecule has 1 N–H and O–H groups in total. The summed E-state index contributed by atoms with van der Waals surface area (Å²) >= 11 is 0.896. The monoisotopic (exact) mass is 220 g/mol. The van der Waals surface area contributed by atoms with E-state index in [1.54, 1.807) is 12.1 Å². The quantitative estimate of drug-likeness (QED) is 0.732. The number of thioether (sulfide) groups is 1. The molecular weight excluding hydrogens is 212 g/mol. The first kappa shape index (κ1) is 9.92. The molecule has 1 aliphatic heterocycles. The van der Waals surface area contributed by atoms with Crippen molar-refractivity contribution in [3.63, 3.8) is 0 Å². The Kier molecular flexibility index (Phi) is 2.55. The molecule has 4 nitrogen and oxygen atoms in total. The van der Waals surface area contributed by atoms with Gasteiger partial charge in [0.2, 0.25) is 0 Å². The largest absolute Gasteiger partial charge is 0.290 e. The third-order valence-electron chi connectivity index (χ3n) is 1.83. The Morgan fingerprint density at radius 1 is 1.40 bits per heavy atom. The predicted molar refractivity (Wildman–Crippen MR) is 58.1 cm³/mol. The minimum absolute atomic E-state index is 0.334. The summed E-state index contributed by atoms with van der Waals surface area (Å²) in [5.41, 5.74) is 1.56. The van der Waals surface area contributed by atoms with Gasteiger partial charge in [-0.2, -0.15) is 0 Å². The Morgan fingerprint density at radius 2 is 2.20 bits per heavy atom. The van der Waals surface area contributed by atoms with Gasteiger partial charge in [0.05, 0.1) is 10.6 Å². The van der Waals surface area contributed by atoms with Crippen molar-refractivity contribution in [2.45, 2.75) is 6.92 Å². The van der Waals surface area contributed by atoms with Crippen LogP contribution in [-0.4, -0.2) is 16.1 Å². The fraction of sp³-hybridized carbons (Fsp3) is 0.100. The highest BCUT2D eigenvalue weighted by atomic mass is 32.2. The molecule has 2 amide bonds. The van der Waals surface area contributed by atoms with Gasteiger partial charge in [0, 0.05) is 5.69 Å². The Morgan fingerprint density at radius 3 is 2.80 bits per heavy atom. The number of hydrogen-bond donors (Lipinski definition) is 1. The molecule has 0 radical (unpaired) electrons. The number of nitrogens with zero attached hydrogens (tertiary/aromatic N) is 1. The van der Waals surface area contributed by atoms with Gasteiger partial charge in [0.25, 0.3) is 11.1 Å². The molecular formula is C10H8N2O2S. The maximum atomic E-state index is 11.2. The summed E-state index contributed by atoms with van der Waals surface area (Å²) in [4.78, 5) is 26.7. The summed E-state index contributed by atoms with van der Waals surface area (Å²) < 4.78 is 0. The second-order valence-electron chi connectivity index (χ2n) is 3.06. The number of amides is 2. The van der Waals surface area contributed by atoms with Gasteiger partial charge in [-0.05, 0) is 36.9 Å². The molecule has 5 heteroatoms. The topological polar surface area (TPSA) is 59.1 Å². The van der Waals surface area contributed by atoms with E-state index >= 15 is 0 Å². The lowest BCUT2D eigenvalue weighted by Crippen LogP contribution is -2.17. The number of carbonyl (C=O) groups excluding carboxylic acids is 2. The molecule has 0 aliphatic carbocycles. The van der Waals surface area contributed by atoms with Gasteiger partial charge in [0.15, 0.2) is 0 Å². The van der Waals surface area contributed by atoms with E-state index in [1.165, 1.54) is 0 Å². The van der Waals surface area contributed by atoms with Gasteiger partial charge >= 0.3 is 0 Å². The molecule has 2 heterocycles. The van der Waals surface area contributed by atoms with Crippen molar-refractivity contribution in [3.05, 3.63) is 34.5 Å². The molecule has 1 aliphatic rings. The fourth-order valence-electron chi connectivity index (χ4n) is 1.20. The highest BCUT2D eigenvalue weighted by Gasteiger charge is 2.24. The van der Waals surface area contributed by atoms with E-state index in [4.69, 9.17) is 0 Å². The van der Waals surface area contributed by atoms with Crippen LogP contribution in [0, 0.1) is 6.92 Å². The number of pyridine rings is 1. The zero-order valence-corrected chi connectivity index (χ0v) is 8.80. The maximum absolute atomic E-state index is 11.2. The molecule has 76 valence electrons. The van der Waals surface area contributed by atoms with Crippen LogP contribution in [0.1, 0.15) is 11.4 Å². The summed E-state index contributed by atoms with van der Waals surface area (Å²) in [6.45, 7) is 1.87. The summed E-state index contributed by atoms with van der Waals surface area (Å²) in [5.74, 6) is -0.353. The Bertz CT molecular complexity index is 468. The van der Waals surface area contributed by atoms with Crippen LogP contribution < -0.4 is 5.32 Å². The minimum atomic E-state index is -0.353. The highest BCUT2D eigenvalue weighted by Crippen LogP contribution is 2.24. The second-order valence-corrected chi connectivity index (χ2v) is 4.07. The van der Waals surface area contributed by atoms with Gasteiger partial charge in [0.1, 0.15) is 0 Å². The Balaban J connectivity index is 2.31. The molecule has 0 bridgehead atoms. The maximum Gasteiger partial charge on any atom is 0.290 e. The van der Waals surface area contributed by atoms with Crippen LogP contribution in [-0.2, 0) is 4.79 Å². The van der Waals surface area contributed by atoms with E-state index in [0.29, 0.717) is 10.6 Å². The van der Waals surface area contributed by atoms with E-state index in [1.807, 2.05) is 19.1 Å². The lowest BCUT2D eigenvalue weighted by molar-refractivity contribution is -0.115. The van der Waals surface area contributed by atoms with Crippen LogP contribution in [0.15, 0.2) is 23.1 Å². The Labute approximate surface area is 90.8 Å². The summed E-state index contributed by atoms with van der Waals surface area (Å²) in [6.07, 6.45) is 1.61. The molecule has 2 rings (SSSR count). The lowest BCUT2D eigenvalue weighted by atomic mass is 10.3. The molecule has 0 saturated carbocycles. The normalized spacial score (nSPS) is 18.3. The summed E-state index contributed by atoms with van der Waals surface area (Å²) in [7, 11) is 0. The van der Waals surface area contributed by atoms with Crippen LogP contribution in [0.25, 0.3) is 6.08 Å². The minimum Gasteiger partial charge on any atom is -0.282 e. The standard InChI is InChI=1S/C10H8N2O2S/c1-6-3-2-4-7(11-6)5-8-9(13)12-10(14)15-8/h2-5H,1H3,(H,12,13,14).